The van der Waals surface area contributed by atoms with Gasteiger partial charge < -0.3 is 14.8 Å². The maximum atomic E-state index is 13.8. The van der Waals surface area contributed by atoms with E-state index >= 15 is 0 Å². The zero-order chi connectivity index (χ0) is 21.0. The minimum atomic E-state index is -3.04. The molecule has 1 N–H and O–H groups in total. The van der Waals surface area contributed by atoms with Crippen molar-refractivity contribution in [2.45, 2.75) is 6.61 Å². The van der Waals surface area contributed by atoms with Gasteiger partial charge in [-0.1, -0.05) is 12.1 Å². The molecule has 0 aromatic heterocycles. The molecule has 4 nitrogen and oxygen atoms in total. The summed E-state index contributed by atoms with van der Waals surface area (Å²) in [5.41, 5.74) is 0.673. The normalized spacial score (nSPS) is 10.7. The van der Waals surface area contributed by atoms with Crippen molar-refractivity contribution < 1.29 is 31.8 Å². The molecule has 0 saturated carbocycles. The molecule has 8 heteroatoms. The predicted molar refractivity (Wildman–Crippen MR) is 99.4 cm³/mol. The first-order chi connectivity index (χ1) is 13.9. The Labute approximate surface area is 163 Å². The molecule has 150 valence electrons. The second-order valence-electron chi connectivity index (χ2n) is 5.90. The monoisotopic (exact) mass is 405 g/mol. The standard InChI is InChI=1S/C21H15F4NO3/c1-28-15-6-2-12(3-7-15)17-11-14(5-9-19(17)29-21(24)25)26-20(27)16-8-4-13(22)10-18(16)23/h2-11,21H,1H3,(H,26,27). The topological polar surface area (TPSA) is 47.6 Å². The summed E-state index contributed by atoms with van der Waals surface area (Å²) in [5, 5.41) is 2.46. The highest BCUT2D eigenvalue weighted by molar-refractivity contribution is 6.04. The molecule has 0 saturated heterocycles. The molecule has 3 aromatic rings. The van der Waals surface area contributed by atoms with Crippen LogP contribution in [0.2, 0.25) is 0 Å². The Morgan fingerprint density at radius 1 is 0.966 bits per heavy atom. The van der Waals surface area contributed by atoms with Crippen LogP contribution < -0.4 is 14.8 Å². The minimum absolute atomic E-state index is 0.101. The second-order valence-corrected chi connectivity index (χ2v) is 5.90. The summed E-state index contributed by atoms with van der Waals surface area (Å²) >= 11 is 0. The van der Waals surface area contributed by atoms with Gasteiger partial charge in [-0.3, -0.25) is 4.79 Å². The van der Waals surface area contributed by atoms with E-state index in [1.807, 2.05) is 0 Å². The maximum absolute atomic E-state index is 13.8. The fourth-order valence-electron chi connectivity index (χ4n) is 2.67. The summed E-state index contributed by atoms with van der Waals surface area (Å²) in [6.07, 6.45) is 0. The van der Waals surface area contributed by atoms with Crippen LogP contribution >= 0.6 is 0 Å². The smallest absolute Gasteiger partial charge is 0.387 e. The number of rotatable bonds is 6. The van der Waals surface area contributed by atoms with Crippen LogP contribution in [0.15, 0.2) is 60.7 Å². The van der Waals surface area contributed by atoms with Crippen molar-refractivity contribution in [1.82, 2.24) is 0 Å². The van der Waals surface area contributed by atoms with Crippen molar-refractivity contribution in [2.24, 2.45) is 0 Å². The molecule has 0 heterocycles. The summed E-state index contributed by atoms with van der Waals surface area (Å²) in [5.74, 6) is -2.17. The van der Waals surface area contributed by atoms with Crippen molar-refractivity contribution >= 4 is 11.6 Å². The van der Waals surface area contributed by atoms with Crippen molar-refractivity contribution in [3.05, 3.63) is 77.9 Å². The van der Waals surface area contributed by atoms with Crippen LogP contribution in [0.25, 0.3) is 11.1 Å². The summed E-state index contributed by atoms with van der Waals surface area (Å²) in [4.78, 5) is 12.3. The first kappa shape index (κ1) is 20.2. The molecule has 0 aliphatic carbocycles. The van der Waals surface area contributed by atoms with E-state index in [4.69, 9.17) is 4.74 Å². The lowest BCUT2D eigenvalue weighted by molar-refractivity contribution is -0.0494. The van der Waals surface area contributed by atoms with E-state index in [0.29, 0.717) is 17.4 Å². The molecule has 3 aromatic carbocycles. The highest BCUT2D eigenvalue weighted by atomic mass is 19.3. The molecule has 0 fully saturated rings. The van der Waals surface area contributed by atoms with Gasteiger partial charge in [0.1, 0.15) is 23.1 Å². The van der Waals surface area contributed by atoms with Gasteiger partial charge in [-0.25, -0.2) is 8.78 Å². The van der Waals surface area contributed by atoms with Crippen molar-refractivity contribution in [2.75, 3.05) is 12.4 Å². The Hall–Kier alpha value is -3.55. The first-order valence-electron chi connectivity index (χ1n) is 8.37. The van der Waals surface area contributed by atoms with Gasteiger partial charge in [0.2, 0.25) is 0 Å². The number of halogens is 4. The van der Waals surface area contributed by atoms with Crippen molar-refractivity contribution in [1.29, 1.82) is 0 Å². The van der Waals surface area contributed by atoms with Crippen molar-refractivity contribution in [3.63, 3.8) is 0 Å². The Bertz CT molecular complexity index is 1020. The Kier molecular flexibility index (Phi) is 6.01. The van der Waals surface area contributed by atoms with Crippen LogP contribution in [0.1, 0.15) is 10.4 Å². The van der Waals surface area contributed by atoms with E-state index in [2.05, 4.69) is 10.1 Å². The maximum Gasteiger partial charge on any atom is 0.387 e. The number of hydrogen-bond donors (Lipinski definition) is 1. The van der Waals surface area contributed by atoms with Crippen LogP contribution in [0.3, 0.4) is 0 Å². The van der Waals surface area contributed by atoms with Crippen LogP contribution in [0.4, 0.5) is 23.2 Å². The summed E-state index contributed by atoms with van der Waals surface area (Å²) in [7, 11) is 1.49. The van der Waals surface area contributed by atoms with Gasteiger partial charge in [-0.05, 0) is 48.0 Å². The van der Waals surface area contributed by atoms with Crippen molar-refractivity contribution in [3.8, 4) is 22.6 Å². The highest BCUT2D eigenvalue weighted by Gasteiger charge is 2.16. The van der Waals surface area contributed by atoms with E-state index in [0.717, 1.165) is 12.1 Å². The number of carbonyl (C=O) groups excluding carboxylic acids is 1. The molecule has 3 rings (SSSR count). The van der Waals surface area contributed by atoms with E-state index < -0.39 is 24.2 Å². The average molecular weight is 405 g/mol. The van der Waals surface area contributed by atoms with Gasteiger partial charge in [-0.2, -0.15) is 8.78 Å². The molecule has 0 radical (unpaired) electrons. The number of hydrogen-bond acceptors (Lipinski definition) is 3. The van der Waals surface area contributed by atoms with E-state index in [1.165, 1.54) is 25.3 Å². The molecule has 0 bridgehead atoms. The number of methoxy groups -OCH3 is 1. The van der Waals surface area contributed by atoms with Crippen LogP contribution in [-0.2, 0) is 0 Å². The Balaban J connectivity index is 1.94. The third kappa shape index (κ3) is 4.84. The van der Waals surface area contributed by atoms with Crippen LogP contribution in [0, 0.1) is 11.6 Å². The van der Waals surface area contributed by atoms with Gasteiger partial charge in [0.15, 0.2) is 0 Å². The number of nitrogens with one attached hydrogen (secondary N) is 1. The molecule has 0 spiro atoms. The van der Waals surface area contributed by atoms with E-state index in [-0.39, 0.29) is 22.6 Å². The molecule has 0 aliphatic rings. The lowest BCUT2D eigenvalue weighted by Crippen LogP contribution is -2.14. The predicted octanol–water partition coefficient (Wildman–Crippen LogP) is 5.49. The fraction of sp³-hybridized carbons (Fsp3) is 0.0952. The number of anilines is 1. The first-order valence-corrected chi connectivity index (χ1v) is 8.37. The third-order valence-electron chi connectivity index (χ3n) is 4.03. The number of amides is 1. The Morgan fingerprint density at radius 2 is 1.69 bits per heavy atom. The number of benzene rings is 3. The van der Waals surface area contributed by atoms with Gasteiger partial charge in [0.25, 0.3) is 5.91 Å². The number of carbonyl (C=O) groups is 1. The minimum Gasteiger partial charge on any atom is -0.497 e. The third-order valence-corrected chi connectivity index (χ3v) is 4.03. The lowest BCUT2D eigenvalue weighted by Gasteiger charge is -2.14. The molecule has 1 amide bonds. The zero-order valence-electron chi connectivity index (χ0n) is 15.1. The van der Waals surface area contributed by atoms with Gasteiger partial charge in [0, 0.05) is 17.3 Å². The number of alkyl halides is 2. The van der Waals surface area contributed by atoms with Gasteiger partial charge in [0.05, 0.1) is 12.7 Å². The van der Waals surface area contributed by atoms with Crippen LogP contribution in [-0.4, -0.2) is 19.6 Å². The molecule has 0 aliphatic heterocycles. The Morgan fingerprint density at radius 3 is 2.31 bits per heavy atom. The lowest BCUT2D eigenvalue weighted by atomic mass is 10.0. The molecular weight excluding hydrogens is 390 g/mol. The second kappa shape index (κ2) is 8.64. The number of ether oxygens (including phenoxy) is 2. The molecule has 0 atom stereocenters. The summed E-state index contributed by atoms with van der Waals surface area (Å²) < 4.78 is 62.0. The van der Waals surface area contributed by atoms with Gasteiger partial charge >= 0.3 is 6.61 Å². The SMILES string of the molecule is COc1ccc(-c2cc(NC(=O)c3ccc(F)cc3F)ccc2OC(F)F)cc1. The molecule has 0 unspecified atom stereocenters. The van der Waals surface area contributed by atoms with Gasteiger partial charge in [-0.15, -0.1) is 0 Å². The largest absolute Gasteiger partial charge is 0.497 e. The fourth-order valence-corrected chi connectivity index (χ4v) is 2.67. The quantitative estimate of drug-likeness (QED) is 0.552. The summed E-state index contributed by atoms with van der Waals surface area (Å²) in [6, 6.07) is 13.1. The van der Waals surface area contributed by atoms with E-state index in [1.54, 1.807) is 24.3 Å². The van der Waals surface area contributed by atoms with Crippen LogP contribution in [0.5, 0.6) is 11.5 Å². The average Bonchev–Trinajstić information content (AvgIpc) is 2.68. The zero-order valence-corrected chi connectivity index (χ0v) is 15.1. The summed E-state index contributed by atoms with van der Waals surface area (Å²) in [6.45, 7) is -3.04. The highest BCUT2D eigenvalue weighted by Crippen LogP contribution is 2.34. The molecule has 29 heavy (non-hydrogen) atoms. The van der Waals surface area contributed by atoms with E-state index in [9.17, 15) is 22.4 Å². The molecular formula is C21H15F4NO3.